The summed E-state index contributed by atoms with van der Waals surface area (Å²) in [6.07, 6.45) is 1.76. The second-order valence-electron chi connectivity index (χ2n) is 6.82. The number of fused-ring (bicyclic) bond motifs is 1. The molecule has 2 aromatic carbocycles. The largest absolute Gasteiger partial charge is 0.484 e. The van der Waals surface area contributed by atoms with Crippen LogP contribution in [0.4, 0.5) is 0 Å². The Hall–Kier alpha value is -3.67. The molecule has 0 aliphatic heterocycles. The van der Waals surface area contributed by atoms with Crippen LogP contribution >= 0.6 is 0 Å². The maximum atomic E-state index is 12.2. The van der Waals surface area contributed by atoms with Gasteiger partial charge < -0.3 is 14.6 Å². The van der Waals surface area contributed by atoms with Gasteiger partial charge in [-0.3, -0.25) is 4.79 Å². The first-order valence-corrected chi connectivity index (χ1v) is 9.49. The molecule has 0 aliphatic carbocycles. The zero-order valence-electron chi connectivity index (χ0n) is 16.2. The van der Waals surface area contributed by atoms with Gasteiger partial charge in [0.05, 0.1) is 13.1 Å². The van der Waals surface area contributed by atoms with E-state index in [2.05, 4.69) is 46.5 Å². The van der Waals surface area contributed by atoms with Gasteiger partial charge in [0.2, 0.25) is 0 Å². The summed E-state index contributed by atoms with van der Waals surface area (Å²) >= 11 is 0. The molecule has 0 atom stereocenters. The Morgan fingerprint density at radius 1 is 1.03 bits per heavy atom. The molecule has 0 spiro atoms. The van der Waals surface area contributed by atoms with E-state index in [9.17, 15) is 4.79 Å². The molecule has 4 rings (SSSR count). The summed E-state index contributed by atoms with van der Waals surface area (Å²) in [4.78, 5) is 21.4. The van der Waals surface area contributed by atoms with Gasteiger partial charge in [0.1, 0.15) is 17.1 Å². The number of benzene rings is 2. The maximum Gasteiger partial charge on any atom is 0.258 e. The van der Waals surface area contributed by atoms with Crippen molar-refractivity contribution in [3.63, 3.8) is 0 Å². The van der Waals surface area contributed by atoms with Crippen LogP contribution in [0.3, 0.4) is 0 Å². The van der Waals surface area contributed by atoms with Crippen molar-refractivity contribution in [2.75, 3.05) is 6.61 Å². The second kappa shape index (κ2) is 8.56. The molecular formula is C23H22N4O2. The summed E-state index contributed by atoms with van der Waals surface area (Å²) in [7, 11) is 0. The quantitative estimate of drug-likeness (QED) is 0.528. The van der Waals surface area contributed by atoms with Crippen LogP contribution in [0, 0.1) is 6.92 Å². The summed E-state index contributed by atoms with van der Waals surface area (Å²) in [6.45, 7) is 2.97. The lowest BCUT2D eigenvalue weighted by molar-refractivity contribution is -0.123. The Kier molecular flexibility index (Phi) is 5.52. The van der Waals surface area contributed by atoms with Crippen LogP contribution in [-0.2, 0) is 17.9 Å². The van der Waals surface area contributed by atoms with Crippen molar-refractivity contribution in [1.82, 2.24) is 19.9 Å². The molecule has 1 amide bonds. The Balaban J connectivity index is 1.47. The van der Waals surface area contributed by atoms with Crippen molar-refractivity contribution in [2.24, 2.45) is 0 Å². The van der Waals surface area contributed by atoms with Gasteiger partial charge in [-0.25, -0.2) is 9.97 Å². The lowest BCUT2D eigenvalue weighted by atomic mass is 10.1. The number of para-hydroxylation sites is 1. The van der Waals surface area contributed by atoms with Crippen molar-refractivity contribution < 1.29 is 9.53 Å². The van der Waals surface area contributed by atoms with Crippen LogP contribution in [0.15, 0.2) is 72.9 Å². The summed E-state index contributed by atoms with van der Waals surface area (Å²) < 4.78 is 7.54. The molecule has 0 fully saturated rings. The smallest absolute Gasteiger partial charge is 0.258 e. The Morgan fingerprint density at radius 2 is 1.83 bits per heavy atom. The highest BCUT2D eigenvalue weighted by Gasteiger charge is 2.13. The number of rotatable bonds is 7. The molecule has 0 radical (unpaired) electrons. The minimum absolute atomic E-state index is 0.0412. The molecule has 0 unspecified atom stereocenters. The summed E-state index contributed by atoms with van der Waals surface area (Å²) in [5.74, 6) is 1.22. The minimum atomic E-state index is -0.198. The first-order valence-electron chi connectivity index (χ1n) is 9.49. The topological polar surface area (TPSA) is 69.0 Å². The molecular weight excluding hydrogens is 364 g/mol. The fraction of sp³-hybridized carbons (Fsp3) is 0.174. The van der Waals surface area contributed by atoms with Gasteiger partial charge in [-0.15, -0.1) is 0 Å². The number of aromatic nitrogens is 3. The highest BCUT2D eigenvalue weighted by atomic mass is 16.5. The lowest BCUT2D eigenvalue weighted by Gasteiger charge is -2.11. The van der Waals surface area contributed by atoms with Gasteiger partial charge in [0.15, 0.2) is 12.3 Å². The molecule has 29 heavy (non-hydrogen) atoms. The zero-order chi connectivity index (χ0) is 20.1. The molecule has 6 heteroatoms. The van der Waals surface area contributed by atoms with E-state index in [1.807, 2.05) is 47.0 Å². The molecule has 0 bridgehead atoms. The van der Waals surface area contributed by atoms with E-state index in [0.717, 1.165) is 22.6 Å². The number of pyridine rings is 1. The lowest BCUT2D eigenvalue weighted by Crippen LogP contribution is -2.29. The molecule has 146 valence electrons. The molecule has 4 aromatic rings. The average Bonchev–Trinajstić information content (AvgIpc) is 3.10. The van der Waals surface area contributed by atoms with Gasteiger partial charge in [-0.2, -0.15) is 0 Å². The molecule has 2 heterocycles. The second-order valence-corrected chi connectivity index (χ2v) is 6.82. The normalized spacial score (nSPS) is 10.8. The van der Waals surface area contributed by atoms with Crippen LogP contribution < -0.4 is 10.1 Å². The highest BCUT2D eigenvalue weighted by molar-refractivity contribution is 5.77. The Morgan fingerprint density at radius 3 is 2.62 bits per heavy atom. The number of carbonyl (C=O) groups is 1. The van der Waals surface area contributed by atoms with Gasteiger partial charge in [0.25, 0.3) is 5.91 Å². The van der Waals surface area contributed by atoms with Crippen LogP contribution in [0.25, 0.3) is 11.2 Å². The van der Waals surface area contributed by atoms with Gasteiger partial charge in [0, 0.05) is 6.20 Å². The number of amides is 1. The third kappa shape index (κ3) is 4.60. The summed E-state index contributed by atoms with van der Waals surface area (Å²) in [5, 5.41) is 2.89. The van der Waals surface area contributed by atoms with Crippen molar-refractivity contribution in [1.29, 1.82) is 0 Å². The summed E-state index contributed by atoms with van der Waals surface area (Å²) in [6, 6.07) is 21.4. The molecule has 0 aliphatic rings. The van der Waals surface area contributed by atoms with Crippen molar-refractivity contribution in [3.8, 4) is 5.75 Å². The molecule has 2 aromatic heterocycles. The van der Waals surface area contributed by atoms with Crippen molar-refractivity contribution >= 4 is 17.1 Å². The number of aryl methyl sites for hydroxylation is 1. The van der Waals surface area contributed by atoms with E-state index in [-0.39, 0.29) is 12.5 Å². The number of hydrogen-bond donors (Lipinski definition) is 1. The van der Waals surface area contributed by atoms with E-state index >= 15 is 0 Å². The number of carbonyl (C=O) groups excluding carboxylic acids is 1. The van der Waals surface area contributed by atoms with Gasteiger partial charge in [-0.1, -0.05) is 48.0 Å². The Bertz CT molecular complexity index is 1100. The SMILES string of the molecule is Cc1ccc(Cn2c(CNC(=O)COc3ccccc3)nc3cccnc32)cc1. The van der Waals surface area contributed by atoms with Crippen LogP contribution in [0.2, 0.25) is 0 Å². The third-order valence-electron chi connectivity index (χ3n) is 4.60. The van der Waals surface area contributed by atoms with E-state index in [1.54, 1.807) is 6.20 Å². The minimum Gasteiger partial charge on any atom is -0.484 e. The predicted octanol–water partition coefficient (Wildman–Crippen LogP) is 3.48. The fourth-order valence-electron chi connectivity index (χ4n) is 3.08. The summed E-state index contributed by atoms with van der Waals surface area (Å²) in [5.41, 5.74) is 3.98. The first kappa shape index (κ1) is 18.7. The monoisotopic (exact) mass is 386 g/mol. The molecule has 6 nitrogen and oxygen atoms in total. The van der Waals surface area contributed by atoms with Crippen LogP contribution in [-0.4, -0.2) is 27.0 Å². The molecule has 1 N–H and O–H groups in total. The molecule has 0 saturated heterocycles. The standard InChI is InChI=1S/C23H22N4O2/c1-17-9-11-18(12-10-17)15-27-21(26-20-8-5-13-24-23(20)27)14-25-22(28)16-29-19-6-3-2-4-7-19/h2-13H,14-16H2,1H3,(H,25,28). The van der Waals surface area contributed by atoms with E-state index in [0.29, 0.717) is 18.8 Å². The number of nitrogens with one attached hydrogen (secondary N) is 1. The third-order valence-corrected chi connectivity index (χ3v) is 4.60. The number of hydrogen-bond acceptors (Lipinski definition) is 4. The average molecular weight is 386 g/mol. The Labute approximate surface area is 169 Å². The van der Waals surface area contributed by atoms with Gasteiger partial charge in [-0.05, 0) is 36.8 Å². The van der Waals surface area contributed by atoms with E-state index < -0.39 is 0 Å². The zero-order valence-corrected chi connectivity index (χ0v) is 16.2. The maximum absolute atomic E-state index is 12.2. The van der Waals surface area contributed by atoms with Crippen LogP contribution in [0.1, 0.15) is 17.0 Å². The predicted molar refractivity (Wildman–Crippen MR) is 112 cm³/mol. The van der Waals surface area contributed by atoms with Crippen molar-refractivity contribution in [2.45, 2.75) is 20.0 Å². The fourth-order valence-corrected chi connectivity index (χ4v) is 3.08. The van der Waals surface area contributed by atoms with Crippen LogP contribution in [0.5, 0.6) is 5.75 Å². The number of ether oxygens (including phenoxy) is 1. The number of imidazole rings is 1. The highest BCUT2D eigenvalue weighted by Crippen LogP contribution is 2.16. The van der Waals surface area contributed by atoms with Gasteiger partial charge >= 0.3 is 0 Å². The molecule has 0 saturated carbocycles. The number of nitrogens with zero attached hydrogens (tertiary/aromatic N) is 3. The first-order chi connectivity index (χ1) is 14.2. The van der Waals surface area contributed by atoms with E-state index in [1.165, 1.54) is 5.56 Å². The van der Waals surface area contributed by atoms with E-state index in [4.69, 9.17) is 4.74 Å². The van der Waals surface area contributed by atoms with Crippen molar-refractivity contribution in [3.05, 3.63) is 89.9 Å².